The maximum Gasteiger partial charge on any atom is 0.216 e. The molecular weight excluding hydrogens is 298 g/mol. The molecule has 1 aromatic carbocycles. The first kappa shape index (κ1) is 15.8. The lowest BCUT2D eigenvalue weighted by Gasteiger charge is -2.33. The lowest BCUT2D eigenvalue weighted by molar-refractivity contribution is 0.0563. The Labute approximate surface area is 125 Å². The summed E-state index contributed by atoms with van der Waals surface area (Å²) in [4.78, 5) is 0. The van der Waals surface area contributed by atoms with E-state index in [2.05, 4.69) is 0 Å². The van der Waals surface area contributed by atoms with E-state index in [1.165, 1.54) is 4.31 Å². The molecule has 2 rings (SSSR count). The largest absolute Gasteiger partial charge is 0.381 e. The van der Waals surface area contributed by atoms with Crippen LogP contribution >= 0.6 is 11.6 Å². The predicted molar refractivity (Wildman–Crippen MR) is 80.5 cm³/mol. The molecule has 2 unspecified atom stereocenters. The molecule has 4 nitrogen and oxygen atoms in total. The number of sulfonamides is 1. The van der Waals surface area contributed by atoms with Gasteiger partial charge in [-0.25, -0.2) is 12.7 Å². The Kier molecular flexibility index (Phi) is 5.07. The molecule has 0 spiro atoms. The third-order valence-corrected chi connectivity index (χ3v) is 6.51. The second-order valence-electron chi connectivity index (χ2n) is 5.28. The van der Waals surface area contributed by atoms with Crippen LogP contribution in [-0.2, 0) is 21.2 Å². The Morgan fingerprint density at radius 3 is 2.70 bits per heavy atom. The predicted octanol–water partition coefficient (Wildman–Crippen LogP) is 2.18. The van der Waals surface area contributed by atoms with Gasteiger partial charge in [0, 0.05) is 31.6 Å². The summed E-state index contributed by atoms with van der Waals surface area (Å²) in [5.41, 5.74) is 0.976. The summed E-state index contributed by atoms with van der Waals surface area (Å²) < 4.78 is 31.6. The van der Waals surface area contributed by atoms with Crippen molar-refractivity contribution in [2.75, 3.05) is 27.3 Å². The van der Waals surface area contributed by atoms with Crippen LogP contribution in [0.3, 0.4) is 0 Å². The van der Waals surface area contributed by atoms with E-state index in [1.807, 2.05) is 24.3 Å². The van der Waals surface area contributed by atoms with Gasteiger partial charge in [0.05, 0.1) is 11.9 Å². The third-order valence-electron chi connectivity index (χ3n) is 3.74. The van der Waals surface area contributed by atoms with Crippen LogP contribution in [0.1, 0.15) is 12.0 Å². The molecule has 0 bridgehead atoms. The molecule has 0 N–H and O–H groups in total. The quantitative estimate of drug-likeness (QED) is 0.855. The van der Waals surface area contributed by atoms with E-state index >= 15 is 0 Å². The van der Waals surface area contributed by atoms with Crippen LogP contribution in [0.15, 0.2) is 24.3 Å². The monoisotopic (exact) mass is 317 g/mol. The molecule has 1 heterocycles. The molecule has 0 saturated carbocycles. The Morgan fingerprint density at radius 2 is 2.05 bits per heavy atom. The summed E-state index contributed by atoms with van der Waals surface area (Å²) in [5.74, 6) is -0.0592. The highest BCUT2D eigenvalue weighted by molar-refractivity contribution is 7.89. The average Bonchev–Trinajstić information content (AvgIpc) is 2.41. The molecule has 0 aliphatic carbocycles. The van der Waals surface area contributed by atoms with Gasteiger partial charge < -0.3 is 4.74 Å². The third kappa shape index (κ3) is 3.34. The van der Waals surface area contributed by atoms with E-state index in [0.717, 1.165) is 5.56 Å². The fourth-order valence-electron chi connectivity index (χ4n) is 2.58. The van der Waals surface area contributed by atoms with Gasteiger partial charge >= 0.3 is 0 Å². The fraction of sp³-hybridized carbons (Fsp3) is 0.571. The van der Waals surface area contributed by atoms with Crippen molar-refractivity contribution in [3.05, 3.63) is 34.9 Å². The lowest BCUT2D eigenvalue weighted by Crippen LogP contribution is -2.44. The summed E-state index contributed by atoms with van der Waals surface area (Å²) in [5, 5.41) is 0.279. The zero-order valence-corrected chi connectivity index (χ0v) is 13.3. The molecule has 112 valence electrons. The maximum atomic E-state index is 12.4. The van der Waals surface area contributed by atoms with Gasteiger partial charge in [-0.05, 0) is 24.5 Å². The topological polar surface area (TPSA) is 46.6 Å². The Hall–Kier alpha value is -0.620. The van der Waals surface area contributed by atoms with Gasteiger partial charge in [0.25, 0.3) is 0 Å². The van der Waals surface area contributed by atoms with Crippen molar-refractivity contribution >= 4 is 21.6 Å². The lowest BCUT2D eigenvalue weighted by atomic mass is 9.93. The second kappa shape index (κ2) is 6.43. The fourth-order valence-corrected chi connectivity index (χ4v) is 4.39. The molecule has 20 heavy (non-hydrogen) atoms. The van der Waals surface area contributed by atoms with Crippen LogP contribution in [0.25, 0.3) is 0 Å². The van der Waals surface area contributed by atoms with Gasteiger partial charge in [-0.3, -0.25) is 0 Å². The Morgan fingerprint density at radius 1 is 1.35 bits per heavy atom. The molecule has 6 heteroatoms. The van der Waals surface area contributed by atoms with Gasteiger partial charge in [0.15, 0.2) is 0 Å². The zero-order valence-electron chi connectivity index (χ0n) is 11.8. The summed E-state index contributed by atoms with van der Waals surface area (Å²) in [7, 11) is -0.110. The van der Waals surface area contributed by atoms with Crippen LogP contribution in [0.5, 0.6) is 0 Å². The Bertz CT molecular complexity index is 559. The number of benzene rings is 1. The molecular formula is C14H20ClNO3S. The smallest absolute Gasteiger partial charge is 0.216 e. The first-order valence-electron chi connectivity index (χ1n) is 6.65. The van der Waals surface area contributed by atoms with Crippen molar-refractivity contribution in [2.45, 2.75) is 18.1 Å². The van der Waals surface area contributed by atoms with Gasteiger partial charge in [-0.1, -0.05) is 29.8 Å². The number of ether oxygens (including phenoxy) is 1. The molecule has 2 atom stereocenters. The van der Waals surface area contributed by atoms with Crippen LogP contribution in [0, 0.1) is 5.92 Å². The molecule has 1 aliphatic heterocycles. The molecule has 0 radical (unpaired) electrons. The van der Waals surface area contributed by atoms with Gasteiger partial charge in [0.2, 0.25) is 10.0 Å². The highest BCUT2D eigenvalue weighted by Gasteiger charge is 2.37. The first-order valence-corrected chi connectivity index (χ1v) is 8.53. The van der Waals surface area contributed by atoms with E-state index in [4.69, 9.17) is 16.3 Å². The van der Waals surface area contributed by atoms with E-state index in [-0.39, 0.29) is 5.92 Å². The molecule has 1 aliphatic rings. The van der Waals surface area contributed by atoms with Crippen molar-refractivity contribution in [3.8, 4) is 0 Å². The summed E-state index contributed by atoms with van der Waals surface area (Å²) in [6.45, 7) is 0.958. The van der Waals surface area contributed by atoms with E-state index in [1.54, 1.807) is 14.1 Å². The van der Waals surface area contributed by atoms with Crippen molar-refractivity contribution < 1.29 is 13.2 Å². The zero-order chi connectivity index (χ0) is 14.8. The second-order valence-corrected chi connectivity index (χ2v) is 8.06. The SMILES string of the molecule is CN(C)S(=O)(=O)C1CCOCC1Cc1ccccc1Cl. The minimum absolute atomic E-state index is 0.0592. The number of rotatable bonds is 4. The van der Waals surface area contributed by atoms with Gasteiger partial charge in [-0.2, -0.15) is 0 Å². The minimum Gasteiger partial charge on any atom is -0.381 e. The summed E-state index contributed by atoms with van der Waals surface area (Å²) in [6.07, 6.45) is 1.16. The van der Waals surface area contributed by atoms with E-state index < -0.39 is 15.3 Å². The molecule has 0 amide bonds. The van der Waals surface area contributed by atoms with E-state index in [9.17, 15) is 8.42 Å². The highest BCUT2D eigenvalue weighted by atomic mass is 35.5. The first-order chi connectivity index (χ1) is 9.43. The number of nitrogens with zero attached hydrogens (tertiary/aromatic N) is 1. The number of hydrogen-bond acceptors (Lipinski definition) is 3. The molecule has 1 aromatic rings. The number of halogens is 1. The van der Waals surface area contributed by atoms with Crippen LogP contribution in [0.4, 0.5) is 0 Å². The number of hydrogen-bond donors (Lipinski definition) is 0. The molecule has 1 saturated heterocycles. The van der Waals surface area contributed by atoms with Gasteiger partial charge in [-0.15, -0.1) is 0 Å². The van der Waals surface area contributed by atoms with Crippen molar-refractivity contribution in [2.24, 2.45) is 5.92 Å². The van der Waals surface area contributed by atoms with E-state index in [0.29, 0.717) is 31.1 Å². The average molecular weight is 318 g/mol. The summed E-state index contributed by atoms with van der Waals surface area (Å²) >= 11 is 6.17. The maximum absolute atomic E-state index is 12.4. The summed E-state index contributed by atoms with van der Waals surface area (Å²) in [6, 6.07) is 7.56. The van der Waals surface area contributed by atoms with Crippen molar-refractivity contribution in [1.29, 1.82) is 0 Å². The van der Waals surface area contributed by atoms with Crippen LogP contribution in [0.2, 0.25) is 5.02 Å². The van der Waals surface area contributed by atoms with Gasteiger partial charge in [0.1, 0.15) is 0 Å². The van der Waals surface area contributed by atoms with Crippen molar-refractivity contribution in [3.63, 3.8) is 0 Å². The molecule has 1 fully saturated rings. The normalized spacial score (nSPS) is 24.0. The van der Waals surface area contributed by atoms with Crippen LogP contribution < -0.4 is 0 Å². The van der Waals surface area contributed by atoms with Crippen molar-refractivity contribution in [1.82, 2.24) is 4.31 Å². The minimum atomic E-state index is -3.27. The highest BCUT2D eigenvalue weighted by Crippen LogP contribution is 2.29. The molecule has 0 aromatic heterocycles. The Balaban J connectivity index is 2.22. The standard InChI is InChI=1S/C14H20ClNO3S/c1-16(2)20(17,18)14-7-8-19-10-12(14)9-11-5-3-4-6-13(11)15/h3-6,12,14H,7-10H2,1-2H3. The van der Waals surface area contributed by atoms with Crippen LogP contribution in [-0.4, -0.2) is 45.3 Å².